The van der Waals surface area contributed by atoms with E-state index in [9.17, 15) is 18.3 Å². The number of hydrogen-bond acceptors (Lipinski definition) is 9. The number of benzene rings is 1. The lowest BCUT2D eigenvalue weighted by molar-refractivity contribution is 0.0838. The first-order chi connectivity index (χ1) is 17.2. The predicted octanol–water partition coefficient (Wildman–Crippen LogP) is 0.547. The number of aliphatic hydroxyl groups excluding tert-OH is 1. The molecule has 36 heavy (non-hydrogen) atoms. The molecule has 2 aromatic rings. The summed E-state index contributed by atoms with van der Waals surface area (Å²) in [7, 11) is -2.96. The lowest BCUT2D eigenvalue weighted by Crippen LogP contribution is -2.42. The number of aromatic nitrogens is 2. The summed E-state index contributed by atoms with van der Waals surface area (Å²) in [6.45, 7) is 4.51. The molecule has 1 saturated heterocycles. The van der Waals surface area contributed by atoms with Crippen molar-refractivity contribution in [3.8, 4) is 0 Å². The third-order valence-corrected chi connectivity index (χ3v) is 7.72. The fourth-order valence-corrected chi connectivity index (χ4v) is 5.33. The number of amides is 1. The van der Waals surface area contributed by atoms with Crippen molar-refractivity contribution in [1.29, 1.82) is 0 Å². The second kappa shape index (κ2) is 12.1. The maximum atomic E-state index is 12.6. The molecule has 0 aliphatic carbocycles. The average Bonchev–Trinajstić information content (AvgIpc) is 2.86. The van der Waals surface area contributed by atoms with E-state index >= 15 is 0 Å². The number of sulfone groups is 1. The van der Waals surface area contributed by atoms with Crippen LogP contribution in [0.5, 0.6) is 0 Å². The fraction of sp³-hybridized carbons (Fsp3) is 0.560. The highest BCUT2D eigenvalue weighted by atomic mass is 32.2. The van der Waals surface area contributed by atoms with Crippen LogP contribution < -0.4 is 10.6 Å². The van der Waals surface area contributed by atoms with E-state index < -0.39 is 15.9 Å². The molecule has 0 unspecified atom stereocenters. The Hall–Kier alpha value is -2.60. The molecule has 10 nitrogen and oxygen atoms in total. The van der Waals surface area contributed by atoms with Crippen LogP contribution in [-0.4, -0.2) is 103 Å². The number of carbonyl (C=O) groups is 1. The summed E-state index contributed by atoms with van der Waals surface area (Å²) in [6, 6.07) is 10.2. The van der Waals surface area contributed by atoms with Gasteiger partial charge < -0.3 is 20.6 Å². The second-order valence-electron chi connectivity index (χ2n) is 9.80. The van der Waals surface area contributed by atoms with Gasteiger partial charge in [0.05, 0.1) is 11.9 Å². The summed E-state index contributed by atoms with van der Waals surface area (Å²) in [5, 5.41) is 16.6. The normalized spacial score (nSPS) is 18.4. The first-order valence-electron chi connectivity index (χ1n) is 12.5. The van der Waals surface area contributed by atoms with E-state index in [4.69, 9.17) is 0 Å². The van der Waals surface area contributed by atoms with Crippen molar-refractivity contribution in [2.75, 3.05) is 56.6 Å². The number of fused-ring (bicyclic) bond motifs is 1. The summed E-state index contributed by atoms with van der Waals surface area (Å²) in [5.74, 6) is 0.409. The third kappa shape index (κ3) is 7.95. The van der Waals surface area contributed by atoms with Gasteiger partial charge in [0.25, 0.3) is 5.91 Å². The van der Waals surface area contributed by atoms with Gasteiger partial charge in [-0.25, -0.2) is 18.4 Å². The molecule has 3 heterocycles. The zero-order chi connectivity index (χ0) is 25.5. The Morgan fingerprint density at radius 2 is 1.89 bits per heavy atom. The molecule has 4 rings (SSSR count). The van der Waals surface area contributed by atoms with Gasteiger partial charge in [-0.3, -0.25) is 9.69 Å². The largest absolute Gasteiger partial charge is 0.390 e. The third-order valence-electron chi connectivity index (χ3n) is 6.79. The van der Waals surface area contributed by atoms with E-state index in [1.807, 2.05) is 6.07 Å². The van der Waals surface area contributed by atoms with Crippen molar-refractivity contribution in [3.05, 3.63) is 53.5 Å². The summed E-state index contributed by atoms with van der Waals surface area (Å²) < 4.78 is 22.8. The van der Waals surface area contributed by atoms with E-state index in [2.05, 4.69) is 48.6 Å². The van der Waals surface area contributed by atoms with Crippen LogP contribution in [0.4, 0.5) is 5.82 Å². The molecular weight excluding hydrogens is 480 g/mol. The summed E-state index contributed by atoms with van der Waals surface area (Å²) >= 11 is 0. The number of hydrogen-bond donors (Lipinski definition) is 3. The highest BCUT2D eigenvalue weighted by Gasteiger charge is 2.22. The smallest absolute Gasteiger partial charge is 0.270 e. The Bertz CT molecular complexity index is 1140. The standard InChI is InChI=1S/C25H36N6O4S/c1-36(34,35)13-12-30-10-7-21(8-11-30)29-24-14-23(27-18-28-24)25(33)26-15-22(32)17-31-9-6-19-4-2-3-5-20(19)16-31/h2-5,14,18,21-22,32H,6-13,15-17H2,1H3,(H,26,33)(H,27,28,29)/t22-/m0/s1. The summed E-state index contributed by atoms with van der Waals surface area (Å²) in [4.78, 5) is 25.3. The Labute approximate surface area is 213 Å². The topological polar surface area (TPSA) is 128 Å². The van der Waals surface area contributed by atoms with Crippen LogP contribution in [0.25, 0.3) is 0 Å². The molecule has 1 atom stereocenters. The number of rotatable bonds is 10. The van der Waals surface area contributed by atoms with Crippen molar-refractivity contribution in [2.24, 2.45) is 0 Å². The van der Waals surface area contributed by atoms with Crippen LogP contribution in [0.15, 0.2) is 36.7 Å². The molecule has 1 aromatic heterocycles. The van der Waals surface area contributed by atoms with Gasteiger partial charge in [0.15, 0.2) is 0 Å². The van der Waals surface area contributed by atoms with Crippen molar-refractivity contribution in [3.63, 3.8) is 0 Å². The number of aliphatic hydroxyl groups is 1. The molecular formula is C25H36N6O4S. The molecule has 196 valence electrons. The van der Waals surface area contributed by atoms with Crippen molar-refractivity contribution < 1.29 is 18.3 Å². The number of nitrogens with zero attached hydrogens (tertiary/aromatic N) is 4. The van der Waals surface area contributed by atoms with E-state index in [1.54, 1.807) is 6.07 Å². The lowest BCUT2D eigenvalue weighted by atomic mass is 10.00. The fourth-order valence-electron chi connectivity index (χ4n) is 4.74. The number of piperidine rings is 1. The van der Waals surface area contributed by atoms with Gasteiger partial charge in [-0.2, -0.15) is 0 Å². The summed E-state index contributed by atoms with van der Waals surface area (Å²) in [5.41, 5.74) is 2.90. The number of likely N-dealkylation sites (tertiary alicyclic amines) is 1. The van der Waals surface area contributed by atoms with Gasteiger partial charge in [-0.05, 0) is 30.4 Å². The lowest BCUT2D eigenvalue weighted by Gasteiger charge is -2.32. The quantitative estimate of drug-likeness (QED) is 0.415. The van der Waals surface area contributed by atoms with Gasteiger partial charge >= 0.3 is 0 Å². The zero-order valence-electron chi connectivity index (χ0n) is 20.8. The Morgan fingerprint density at radius 3 is 2.64 bits per heavy atom. The number of β-amino-alcohol motifs (C(OH)–C–C–N with tert-alkyl or cyclic N) is 1. The molecule has 0 saturated carbocycles. The van der Waals surface area contributed by atoms with E-state index in [1.165, 1.54) is 23.7 Å². The number of nitrogens with one attached hydrogen (secondary N) is 2. The van der Waals surface area contributed by atoms with Crippen molar-refractivity contribution in [1.82, 2.24) is 25.1 Å². The van der Waals surface area contributed by atoms with E-state index in [-0.39, 0.29) is 29.9 Å². The molecule has 2 aliphatic rings. The van der Waals surface area contributed by atoms with Gasteiger partial charge in [0.2, 0.25) is 0 Å². The first-order valence-corrected chi connectivity index (χ1v) is 14.6. The van der Waals surface area contributed by atoms with E-state index in [0.29, 0.717) is 18.9 Å². The Morgan fingerprint density at radius 1 is 1.14 bits per heavy atom. The molecule has 1 amide bonds. The predicted molar refractivity (Wildman–Crippen MR) is 139 cm³/mol. The first kappa shape index (κ1) is 26.5. The van der Waals surface area contributed by atoms with Crippen molar-refractivity contribution >= 4 is 21.6 Å². The molecule has 1 aromatic carbocycles. The molecule has 2 aliphatic heterocycles. The molecule has 11 heteroatoms. The highest BCUT2D eigenvalue weighted by Crippen LogP contribution is 2.19. The Kier molecular flexibility index (Phi) is 8.89. The number of anilines is 1. The Balaban J connectivity index is 1.20. The minimum Gasteiger partial charge on any atom is -0.390 e. The van der Waals surface area contributed by atoms with Gasteiger partial charge in [0.1, 0.15) is 27.7 Å². The highest BCUT2D eigenvalue weighted by molar-refractivity contribution is 7.90. The minimum atomic E-state index is -2.96. The van der Waals surface area contributed by atoms with Gasteiger partial charge in [-0.1, -0.05) is 24.3 Å². The van der Waals surface area contributed by atoms with Crippen LogP contribution in [-0.2, 0) is 22.8 Å². The molecule has 0 bridgehead atoms. The van der Waals surface area contributed by atoms with Crippen LogP contribution in [0.3, 0.4) is 0 Å². The molecule has 1 fully saturated rings. The maximum absolute atomic E-state index is 12.6. The summed E-state index contributed by atoms with van der Waals surface area (Å²) in [6.07, 6.45) is 4.64. The van der Waals surface area contributed by atoms with Crippen LogP contribution in [0.1, 0.15) is 34.5 Å². The van der Waals surface area contributed by atoms with Crippen molar-refractivity contribution in [2.45, 2.75) is 38.0 Å². The number of carbonyl (C=O) groups excluding carboxylic acids is 1. The molecule has 0 spiro atoms. The molecule has 0 radical (unpaired) electrons. The zero-order valence-corrected chi connectivity index (χ0v) is 21.6. The van der Waals surface area contributed by atoms with E-state index in [0.717, 1.165) is 45.4 Å². The second-order valence-corrected chi connectivity index (χ2v) is 12.1. The van der Waals surface area contributed by atoms with Crippen LogP contribution >= 0.6 is 0 Å². The molecule has 3 N–H and O–H groups in total. The van der Waals surface area contributed by atoms with Crippen LogP contribution in [0, 0.1) is 0 Å². The average molecular weight is 517 g/mol. The maximum Gasteiger partial charge on any atom is 0.270 e. The van der Waals surface area contributed by atoms with Gasteiger partial charge in [0, 0.05) is 64.2 Å². The SMILES string of the molecule is CS(=O)(=O)CCN1CCC(Nc2cc(C(=O)NC[C@H](O)CN3CCc4ccccc4C3)ncn2)CC1. The van der Waals surface area contributed by atoms with Crippen LogP contribution in [0.2, 0.25) is 0 Å². The van der Waals surface area contributed by atoms with Gasteiger partial charge in [-0.15, -0.1) is 0 Å². The minimum absolute atomic E-state index is 0.148. The monoisotopic (exact) mass is 516 g/mol.